The van der Waals surface area contributed by atoms with Crippen LogP contribution >= 0.6 is 11.8 Å². The summed E-state index contributed by atoms with van der Waals surface area (Å²) >= 11 is 1.74. The molecule has 0 saturated heterocycles. The summed E-state index contributed by atoms with van der Waals surface area (Å²) in [6.07, 6.45) is 1.16. The Morgan fingerprint density at radius 1 is 1.47 bits per heavy atom. The molecule has 2 aromatic rings. The topological polar surface area (TPSA) is 54.7 Å². The van der Waals surface area contributed by atoms with Crippen LogP contribution < -0.4 is 5.73 Å². The first kappa shape index (κ1) is 12.9. The minimum absolute atomic E-state index is 0. The summed E-state index contributed by atoms with van der Waals surface area (Å²) in [6, 6.07) is 5.73. The standard InChI is InChI=1S/C10H13N3S.Na/c1-2-5-14-10-12-8-4-3-7(11)6-9(8)13-10;/h3-4,6H,2,5,11H2,1H3,(H,12,13);. The SMILES string of the molecule is CCCSc1nc2ccc(N)cc2[nH]1.[Na]. The number of nitrogen functional groups attached to an aromatic ring is 1. The molecular formula is C10H13N3NaS. The second kappa shape index (κ2) is 5.80. The second-order valence-electron chi connectivity index (χ2n) is 3.17. The first-order chi connectivity index (χ1) is 6.79. The van der Waals surface area contributed by atoms with Gasteiger partial charge in [-0.05, 0) is 24.6 Å². The van der Waals surface area contributed by atoms with Gasteiger partial charge in [0.25, 0.3) is 0 Å². The molecule has 0 atom stereocenters. The molecule has 1 heterocycles. The van der Waals surface area contributed by atoms with Gasteiger partial charge in [0.05, 0.1) is 11.0 Å². The fraction of sp³-hybridized carbons (Fsp3) is 0.300. The van der Waals surface area contributed by atoms with Gasteiger partial charge in [-0.25, -0.2) is 4.98 Å². The Bertz CT molecular complexity index is 441. The molecule has 3 N–H and O–H groups in total. The number of benzene rings is 1. The zero-order valence-electron chi connectivity index (χ0n) is 9.08. The van der Waals surface area contributed by atoms with E-state index in [4.69, 9.17) is 5.73 Å². The third-order valence-electron chi connectivity index (χ3n) is 1.93. The van der Waals surface area contributed by atoms with E-state index >= 15 is 0 Å². The molecule has 2 rings (SSSR count). The average Bonchev–Trinajstić information content (AvgIpc) is 2.56. The molecule has 0 aliphatic rings. The number of hydrogen-bond donors (Lipinski definition) is 2. The summed E-state index contributed by atoms with van der Waals surface area (Å²) < 4.78 is 0. The summed E-state index contributed by atoms with van der Waals surface area (Å²) in [5.74, 6) is 1.09. The van der Waals surface area contributed by atoms with Gasteiger partial charge in [-0.1, -0.05) is 18.7 Å². The summed E-state index contributed by atoms with van der Waals surface area (Å²) in [6.45, 7) is 2.16. The van der Waals surface area contributed by atoms with Gasteiger partial charge in [0.2, 0.25) is 0 Å². The molecular weight excluding hydrogens is 217 g/mol. The van der Waals surface area contributed by atoms with Crippen molar-refractivity contribution in [3.05, 3.63) is 18.2 Å². The zero-order chi connectivity index (χ0) is 9.97. The Kier molecular flexibility index (Phi) is 4.99. The number of aromatic nitrogens is 2. The van der Waals surface area contributed by atoms with E-state index in [1.807, 2.05) is 18.2 Å². The smallest absolute Gasteiger partial charge is 0.166 e. The molecule has 0 aliphatic heterocycles. The van der Waals surface area contributed by atoms with E-state index in [9.17, 15) is 0 Å². The molecule has 0 fully saturated rings. The van der Waals surface area contributed by atoms with Crippen molar-refractivity contribution in [2.45, 2.75) is 18.5 Å². The first-order valence-corrected chi connectivity index (χ1v) is 5.66. The molecule has 0 amide bonds. The number of anilines is 1. The van der Waals surface area contributed by atoms with E-state index in [0.29, 0.717) is 0 Å². The van der Waals surface area contributed by atoms with Crippen molar-refractivity contribution in [3.8, 4) is 0 Å². The van der Waals surface area contributed by atoms with E-state index in [0.717, 1.165) is 34.1 Å². The van der Waals surface area contributed by atoms with Gasteiger partial charge in [-0.3, -0.25) is 0 Å². The largest absolute Gasteiger partial charge is 0.399 e. The maximum atomic E-state index is 5.68. The monoisotopic (exact) mass is 230 g/mol. The van der Waals surface area contributed by atoms with Crippen LogP contribution in [0, 0.1) is 0 Å². The molecule has 3 nitrogen and oxygen atoms in total. The number of nitrogens with one attached hydrogen (secondary N) is 1. The maximum Gasteiger partial charge on any atom is 0.166 e. The van der Waals surface area contributed by atoms with E-state index in [-0.39, 0.29) is 29.6 Å². The average molecular weight is 230 g/mol. The molecule has 1 radical (unpaired) electrons. The van der Waals surface area contributed by atoms with Crippen LogP contribution in [0.5, 0.6) is 0 Å². The van der Waals surface area contributed by atoms with Crippen molar-refractivity contribution < 1.29 is 0 Å². The molecule has 0 unspecified atom stereocenters. The number of rotatable bonds is 3. The molecule has 0 aliphatic carbocycles. The number of aromatic amines is 1. The van der Waals surface area contributed by atoms with Crippen LogP contribution in [-0.2, 0) is 0 Å². The minimum atomic E-state index is 0. The van der Waals surface area contributed by atoms with Crippen molar-refractivity contribution in [2.24, 2.45) is 0 Å². The summed E-state index contributed by atoms with van der Waals surface area (Å²) in [4.78, 5) is 7.69. The molecule has 1 aromatic carbocycles. The van der Waals surface area contributed by atoms with Crippen LogP contribution in [0.1, 0.15) is 13.3 Å². The van der Waals surface area contributed by atoms with Crippen LogP contribution in [0.4, 0.5) is 5.69 Å². The van der Waals surface area contributed by atoms with Crippen LogP contribution in [0.2, 0.25) is 0 Å². The molecule has 75 valence electrons. The summed E-state index contributed by atoms with van der Waals surface area (Å²) in [7, 11) is 0. The molecule has 0 spiro atoms. The Morgan fingerprint density at radius 2 is 2.27 bits per heavy atom. The Morgan fingerprint density at radius 3 is 3.00 bits per heavy atom. The van der Waals surface area contributed by atoms with E-state index < -0.39 is 0 Å². The van der Waals surface area contributed by atoms with Crippen LogP contribution in [0.25, 0.3) is 11.0 Å². The third kappa shape index (κ3) is 3.14. The van der Waals surface area contributed by atoms with Crippen molar-refractivity contribution in [2.75, 3.05) is 11.5 Å². The van der Waals surface area contributed by atoms with E-state index in [2.05, 4.69) is 16.9 Å². The fourth-order valence-electron chi connectivity index (χ4n) is 1.27. The molecule has 5 heteroatoms. The second-order valence-corrected chi connectivity index (χ2v) is 4.25. The molecule has 15 heavy (non-hydrogen) atoms. The van der Waals surface area contributed by atoms with E-state index in [1.54, 1.807) is 11.8 Å². The minimum Gasteiger partial charge on any atom is -0.399 e. The van der Waals surface area contributed by atoms with Crippen LogP contribution in [0.15, 0.2) is 23.4 Å². The fourth-order valence-corrected chi connectivity index (χ4v) is 2.01. The zero-order valence-corrected chi connectivity index (χ0v) is 11.9. The van der Waals surface area contributed by atoms with E-state index in [1.165, 1.54) is 0 Å². The normalized spacial score (nSPS) is 10.2. The van der Waals surface area contributed by atoms with Gasteiger partial charge in [0, 0.05) is 41.0 Å². The van der Waals surface area contributed by atoms with Gasteiger partial charge in [-0.2, -0.15) is 0 Å². The van der Waals surface area contributed by atoms with Crippen LogP contribution in [0.3, 0.4) is 0 Å². The number of fused-ring (bicyclic) bond motifs is 1. The number of H-pyrrole nitrogens is 1. The number of hydrogen-bond acceptors (Lipinski definition) is 3. The number of nitrogens with zero attached hydrogens (tertiary/aromatic N) is 1. The predicted molar refractivity (Wildman–Crippen MR) is 67.3 cm³/mol. The van der Waals surface area contributed by atoms with Gasteiger partial charge in [-0.15, -0.1) is 0 Å². The van der Waals surface area contributed by atoms with Crippen molar-refractivity contribution >= 4 is 58.0 Å². The van der Waals surface area contributed by atoms with Crippen LogP contribution in [-0.4, -0.2) is 45.3 Å². The number of thioether (sulfide) groups is 1. The molecule has 1 aromatic heterocycles. The Labute approximate surface area is 116 Å². The summed E-state index contributed by atoms with van der Waals surface area (Å²) in [5, 5.41) is 0.979. The number of nitrogens with two attached hydrogens (primary N) is 1. The van der Waals surface area contributed by atoms with Gasteiger partial charge < -0.3 is 10.7 Å². The Balaban J connectivity index is 0.00000112. The van der Waals surface area contributed by atoms with Crippen molar-refractivity contribution in [3.63, 3.8) is 0 Å². The van der Waals surface area contributed by atoms with Crippen molar-refractivity contribution in [1.29, 1.82) is 0 Å². The number of imidazole rings is 1. The Hall–Kier alpha value is -0.160. The van der Waals surface area contributed by atoms with Gasteiger partial charge in [0.15, 0.2) is 5.16 Å². The maximum absolute atomic E-state index is 5.68. The first-order valence-electron chi connectivity index (χ1n) is 4.67. The predicted octanol–water partition coefficient (Wildman–Crippen LogP) is 2.27. The quantitative estimate of drug-likeness (QED) is 0.483. The summed E-state index contributed by atoms with van der Waals surface area (Å²) in [5.41, 5.74) is 8.45. The van der Waals surface area contributed by atoms with Gasteiger partial charge in [0.1, 0.15) is 0 Å². The van der Waals surface area contributed by atoms with Crippen molar-refractivity contribution in [1.82, 2.24) is 9.97 Å². The molecule has 0 saturated carbocycles. The third-order valence-corrected chi connectivity index (χ3v) is 3.01. The van der Waals surface area contributed by atoms with Gasteiger partial charge >= 0.3 is 0 Å². The molecule has 0 bridgehead atoms.